The minimum absolute atomic E-state index is 0.0751. The number of carbonyl (C=O) groups excluding carboxylic acids is 2. The summed E-state index contributed by atoms with van der Waals surface area (Å²) in [6.45, 7) is 0.346. The van der Waals surface area contributed by atoms with E-state index in [1.54, 1.807) is 41.5 Å². The Hall–Kier alpha value is -2.70. The minimum Gasteiger partial charge on any atom is -0.355 e. The quantitative estimate of drug-likeness (QED) is 0.844. The van der Waals surface area contributed by atoms with Crippen LogP contribution in [0.5, 0.6) is 0 Å². The second-order valence-electron chi connectivity index (χ2n) is 6.25. The largest absolute Gasteiger partial charge is 0.355 e. The predicted octanol–water partition coefficient (Wildman–Crippen LogP) is 2.29. The fraction of sp³-hybridized carbons (Fsp3) is 0.444. The number of nitrogens with zero attached hydrogens (tertiary/aromatic N) is 3. The summed E-state index contributed by atoms with van der Waals surface area (Å²) in [5.74, 6) is 0.588. The second kappa shape index (κ2) is 8.41. The molecule has 2 N–H and O–H groups in total. The van der Waals surface area contributed by atoms with Crippen molar-refractivity contribution >= 4 is 17.5 Å². The van der Waals surface area contributed by atoms with E-state index in [0.29, 0.717) is 18.1 Å². The van der Waals surface area contributed by atoms with Gasteiger partial charge in [0.05, 0.1) is 5.69 Å². The van der Waals surface area contributed by atoms with E-state index in [1.165, 1.54) is 6.42 Å². The van der Waals surface area contributed by atoms with Gasteiger partial charge in [0.1, 0.15) is 0 Å². The third-order valence-corrected chi connectivity index (χ3v) is 4.41. The molecule has 1 aliphatic rings. The van der Waals surface area contributed by atoms with Crippen molar-refractivity contribution in [3.63, 3.8) is 0 Å². The monoisotopic (exact) mass is 341 g/mol. The molecule has 7 nitrogen and oxygen atoms in total. The van der Waals surface area contributed by atoms with Gasteiger partial charge in [0.2, 0.25) is 11.8 Å². The molecular weight excluding hydrogens is 318 g/mol. The summed E-state index contributed by atoms with van der Waals surface area (Å²) in [6, 6.07) is 5.33. The first-order valence-electron chi connectivity index (χ1n) is 8.76. The average molecular weight is 341 g/mol. The van der Waals surface area contributed by atoms with Gasteiger partial charge in [-0.15, -0.1) is 0 Å². The van der Waals surface area contributed by atoms with Gasteiger partial charge < -0.3 is 10.6 Å². The van der Waals surface area contributed by atoms with Gasteiger partial charge in [0, 0.05) is 37.5 Å². The first-order valence-corrected chi connectivity index (χ1v) is 8.76. The van der Waals surface area contributed by atoms with Gasteiger partial charge in [-0.3, -0.25) is 9.59 Å². The molecule has 0 aromatic carbocycles. The molecular formula is C18H23N5O2. The van der Waals surface area contributed by atoms with Crippen molar-refractivity contribution < 1.29 is 9.59 Å². The van der Waals surface area contributed by atoms with E-state index >= 15 is 0 Å². The first kappa shape index (κ1) is 17.1. The van der Waals surface area contributed by atoms with Gasteiger partial charge in [0.15, 0.2) is 5.82 Å². The molecule has 7 heteroatoms. The normalized spacial score (nSPS) is 14.9. The Kier molecular flexibility index (Phi) is 5.77. The van der Waals surface area contributed by atoms with Crippen molar-refractivity contribution in [3.05, 3.63) is 36.8 Å². The molecule has 0 saturated heterocycles. The lowest BCUT2D eigenvalue weighted by atomic mass is 9.89. The lowest BCUT2D eigenvalue weighted by Crippen LogP contribution is -2.34. The fourth-order valence-electron chi connectivity index (χ4n) is 3.09. The van der Waals surface area contributed by atoms with Crippen LogP contribution in [0.2, 0.25) is 0 Å². The zero-order valence-electron chi connectivity index (χ0n) is 14.1. The van der Waals surface area contributed by atoms with E-state index in [0.717, 1.165) is 25.7 Å². The van der Waals surface area contributed by atoms with Crippen LogP contribution < -0.4 is 10.6 Å². The average Bonchev–Trinajstić information content (AvgIpc) is 3.17. The minimum atomic E-state index is -0.162. The van der Waals surface area contributed by atoms with E-state index in [-0.39, 0.29) is 24.2 Å². The molecule has 1 aliphatic carbocycles. The van der Waals surface area contributed by atoms with Crippen molar-refractivity contribution in [3.8, 4) is 5.82 Å². The summed E-state index contributed by atoms with van der Waals surface area (Å²) in [4.78, 5) is 28.5. The highest BCUT2D eigenvalue weighted by molar-refractivity contribution is 5.92. The summed E-state index contributed by atoms with van der Waals surface area (Å²) in [5.41, 5.74) is 0.592. The molecule has 2 aromatic heterocycles. The predicted molar refractivity (Wildman–Crippen MR) is 94.2 cm³/mol. The molecule has 2 aromatic rings. The topological polar surface area (TPSA) is 88.9 Å². The molecule has 3 rings (SSSR count). The SMILES string of the molecule is O=C(CCNC(=O)C1CCCCC1)Nc1cccnc1-n1cccn1. The van der Waals surface area contributed by atoms with Gasteiger partial charge in [-0.25, -0.2) is 9.67 Å². The lowest BCUT2D eigenvalue weighted by molar-refractivity contribution is -0.126. The highest BCUT2D eigenvalue weighted by Gasteiger charge is 2.20. The number of rotatable bonds is 6. The van der Waals surface area contributed by atoms with E-state index in [4.69, 9.17) is 0 Å². The maximum atomic E-state index is 12.2. The zero-order valence-corrected chi connectivity index (χ0v) is 14.1. The van der Waals surface area contributed by atoms with Crippen molar-refractivity contribution in [2.75, 3.05) is 11.9 Å². The Morgan fingerprint density at radius 1 is 1.16 bits per heavy atom. The molecule has 132 valence electrons. The lowest BCUT2D eigenvalue weighted by Gasteiger charge is -2.20. The Morgan fingerprint density at radius 2 is 2.00 bits per heavy atom. The van der Waals surface area contributed by atoms with Gasteiger partial charge in [-0.1, -0.05) is 19.3 Å². The van der Waals surface area contributed by atoms with E-state index < -0.39 is 0 Å². The van der Waals surface area contributed by atoms with Gasteiger partial charge in [0.25, 0.3) is 0 Å². The van der Waals surface area contributed by atoms with Crippen LogP contribution in [0.1, 0.15) is 38.5 Å². The number of aromatic nitrogens is 3. The molecule has 0 bridgehead atoms. The summed E-state index contributed by atoms with van der Waals surface area (Å²) in [7, 11) is 0. The summed E-state index contributed by atoms with van der Waals surface area (Å²) >= 11 is 0. The third-order valence-electron chi connectivity index (χ3n) is 4.41. The number of anilines is 1. The van der Waals surface area contributed by atoms with Crippen LogP contribution in [0.4, 0.5) is 5.69 Å². The Balaban J connectivity index is 1.49. The molecule has 1 saturated carbocycles. The molecule has 0 radical (unpaired) electrons. The van der Waals surface area contributed by atoms with Crippen LogP contribution in [0.15, 0.2) is 36.8 Å². The first-order chi connectivity index (χ1) is 12.2. The summed E-state index contributed by atoms with van der Waals surface area (Å²) < 4.78 is 1.60. The molecule has 2 heterocycles. The number of hydrogen-bond acceptors (Lipinski definition) is 4. The smallest absolute Gasteiger partial charge is 0.226 e. The van der Waals surface area contributed by atoms with Crippen molar-refractivity contribution in [2.24, 2.45) is 5.92 Å². The maximum Gasteiger partial charge on any atom is 0.226 e. The number of pyridine rings is 1. The van der Waals surface area contributed by atoms with Crippen molar-refractivity contribution in [2.45, 2.75) is 38.5 Å². The molecule has 0 aliphatic heterocycles. The fourth-order valence-corrected chi connectivity index (χ4v) is 3.09. The molecule has 0 unspecified atom stereocenters. The Labute approximate surface area is 146 Å². The number of nitrogens with one attached hydrogen (secondary N) is 2. The van der Waals surface area contributed by atoms with Crippen LogP contribution >= 0.6 is 0 Å². The van der Waals surface area contributed by atoms with Crippen molar-refractivity contribution in [1.82, 2.24) is 20.1 Å². The number of hydrogen-bond donors (Lipinski definition) is 2. The highest BCUT2D eigenvalue weighted by Crippen LogP contribution is 2.23. The maximum absolute atomic E-state index is 12.2. The van der Waals surface area contributed by atoms with Crippen LogP contribution in [0, 0.1) is 5.92 Å². The molecule has 0 atom stereocenters. The van der Waals surface area contributed by atoms with Crippen LogP contribution in [0.3, 0.4) is 0 Å². The molecule has 0 spiro atoms. The Morgan fingerprint density at radius 3 is 2.76 bits per heavy atom. The van der Waals surface area contributed by atoms with Gasteiger partial charge >= 0.3 is 0 Å². The molecule has 25 heavy (non-hydrogen) atoms. The zero-order chi connectivity index (χ0) is 17.5. The standard InChI is InChI=1S/C18H23N5O2/c24-16(9-12-20-18(25)14-6-2-1-3-7-14)22-15-8-4-10-19-17(15)23-13-5-11-21-23/h4-5,8,10-11,13-14H,1-3,6-7,9,12H2,(H,20,25)(H,22,24). The van der Waals surface area contributed by atoms with E-state index in [9.17, 15) is 9.59 Å². The summed E-state index contributed by atoms with van der Waals surface area (Å²) in [5, 5.41) is 9.85. The van der Waals surface area contributed by atoms with Gasteiger partial charge in [-0.05, 0) is 31.0 Å². The molecule has 1 fully saturated rings. The van der Waals surface area contributed by atoms with E-state index in [2.05, 4.69) is 20.7 Å². The third kappa shape index (κ3) is 4.65. The van der Waals surface area contributed by atoms with Crippen LogP contribution in [-0.4, -0.2) is 33.1 Å². The highest BCUT2D eigenvalue weighted by atomic mass is 16.2. The van der Waals surface area contributed by atoms with Gasteiger partial charge in [-0.2, -0.15) is 5.10 Å². The second-order valence-corrected chi connectivity index (χ2v) is 6.25. The Bertz CT molecular complexity index is 708. The number of amides is 2. The van der Waals surface area contributed by atoms with Crippen LogP contribution in [-0.2, 0) is 9.59 Å². The number of carbonyl (C=O) groups is 2. The van der Waals surface area contributed by atoms with E-state index in [1.807, 2.05) is 0 Å². The summed E-state index contributed by atoms with van der Waals surface area (Å²) in [6.07, 6.45) is 10.7. The van der Waals surface area contributed by atoms with Crippen molar-refractivity contribution in [1.29, 1.82) is 0 Å². The molecule has 2 amide bonds. The van der Waals surface area contributed by atoms with Crippen LogP contribution in [0.25, 0.3) is 5.82 Å².